The Balaban J connectivity index is 2.74. The number of rotatable bonds is 5. The van der Waals surface area contributed by atoms with Gasteiger partial charge in [-0.3, -0.25) is 14.7 Å². The van der Waals surface area contributed by atoms with Crippen LogP contribution in [0.4, 0.5) is 0 Å². The first kappa shape index (κ1) is 12.7. The van der Waals surface area contributed by atoms with Crippen molar-refractivity contribution in [2.24, 2.45) is 0 Å². The number of hydrogen-bond acceptors (Lipinski definition) is 4. The van der Waals surface area contributed by atoms with Gasteiger partial charge in [0.25, 0.3) is 5.91 Å². The normalized spacial score (nSPS) is 11.8. The van der Waals surface area contributed by atoms with Crippen LogP contribution in [0.15, 0.2) is 6.20 Å². The van der Waals surface area contributed by atoms with Crippen molar-refractivity contribution in [3.63, 3.8) is 0 Å². The molecule has 0 bridgehead atoms. The smallest absolute Gasteiger partial charge is 0.326 e. The first-order valence-electron chi connectivity index (χ1n) is 4.67. The monoisotopic (exact) mass is 241 g/mol. The average molecular weight is 241 g/mol. The molecule has 1 aromatic rings. The zero-order valence-electron chi connectivity index (χ0n) is 8.93. The van der Waals surface area contributed by atoms with Crippen LogP contribution in [-0.4, -0.2) is 44.3 Å². The van der Waals surface area contributed by atoms with E-state index >= 15 is 0 Å². The van der Waals surface area contributed by atoms with Crippen LogP contribution in [0.3, 0.4) is 0 Å². The molecule has 1 heterocycles. The second kappa shape index (κ2) is 5.10. The van der Waals surface area contributed by atoms with Crippen LogP contribution in [0, 0.1) is 6.92 Å². The summed E-state index contributed by atoms with van der Waals surface area (Å²) >= 11 is 0. The van der Waals surface area contributed by atoms with Gasteiger partial charge in [0.2, 0.25) is 0 Å². The highest BCUT2D eigenvalue weighted by atomic mass is 16.4. The third-order valence-electron chi connectivity index (χ3n) is 2.06. The molecular formula is C9H11N3O5. The van der Waals surface area contributed by atoms with Crippen LogP contribution in [0.1, 0.15) is 22.5 Å². The van der Waals surface area contributed by atoms with Crippen LogP contribution >= 0.6 is 0 Å². The van der Waals surface area contributed by atoms with Crippen LogP contribution < -0.4 is 5.32 Å². The summed E-state index contributed by atoms with van der Waals surface area (Å²) in [5.74, 6) is -3.38. The van der Waals surface area contributed by atoms with Crippen molar-refractivity contribution < 1.29 is 24.6 Å². The standard InChI is InChI=1S/C9H11N3O5/c1-4-5(3-10-12-4)8(15)11-6(9(16)17)2-7(13)14/h3,6H,2H2,1H3,(H,10,12)(H,11,15)(H,13,14)(H,16,17)/t6-/m0/s1. The molecular weight excluding hydrogens is 230 g/mol. The van der Waals surface area contributed by atoms with Crippen molar-refractivity contribution in [1.29, 1.82) is 0 Å². The largest absolute Gasteiger partial charge is 0.481 e. The minimum atomic E-state index is -1.46. The number of aryl methyl sites for hydroxylation is 1. The van der Waals surface area contributed by atoms with Gasteiger partial charge >= 0.3 is 11.9 Å². The van der Waals surface area contributed by atoms with E-state index in [1.165, 1.54) is 6.20 Å². The van der Waals surface area contributed by atoms with Gasteiger partial charge in [-0.2, -0.15) is 5.10 Å². The minimum absolute atomic E-state index is 0.182. The molecule has 1 rings (SSSR count). The number of aromatic nitrogens is 2. The van der Waals surface area contributed by atoms with E-state index in [1.807, 2.05) is 0 Å². The molecule has 0 spiro atoms. The molecule has 0 fully saturated rings. The number of aliphatic carboxylic acids is 2. The van der Waals surface area contributed by atoms with Crippen molar-refractivity contribution in [2.45, 2.75) is 19.4 Å². The number of H-pyrrole nitrogens is 1. The Morgan fingerprint density at radius 2 is 2.12 bits per heavy atom. The summed E-state index contributed by atoms with van der Waals surface area (Å²) in [6.45, 7) is 1.59. The summed E-state index contributed by atoms with van der Waals surface area (Å²) in [7, 11) is 0. The summed E-state index contributed by atoms with van der Waals surface area (Å²) in [6.07, 6.45) is 0.558. The molecule has 0 saturated carbocycles. The first-order valence-corrected chi connectivity index (χ1v) is 4.67. The van der Waals surface area contributed by atoms with Gasteiger partial charge in [-0.05, 0) is 6.92 Å². The minimum Gasteiger partial charge on any atom is -0.481 e. The van der Waals surface area contributed by atoms with E-state index in [4.69, 9.17) is 10.2 Å². The Bertz CT molecular complexity index is 453. The maximum atomic E-state index is 11.6. The fourth-order valence-corrected chi connectivity index (χ4v) is 1.19. The highest BCUT2D eigenvalue weighted by molar-refractivity contribution is 5.97. The quantitative estimate of drug-likeness (QED) is 0.542. The van der Waals surface area contributed by atoms with E-state index in [0.29, 0.717) is 5.69 Å². The van der Waals surface area contributed by atoms with Crippen LogP contribution in [-0.2, 0) is 9.59 Å². The lowest BCUT2D eigenvalue weighted by Crippen LogP contribution is -2.42. The molecule has 0 aromatic carbocycles. The predicted octanol–water partition coefficient (Wildman–Crippen LogP) is -0.624. The second-order valence-corrected chi connectivity index (χ2v) is 3.37. The lowest BCUT2D eigenvalue weighted by Gasteiger charge is -2.11. The van der Waals surface area contributed by atoms with Gasteiger partial charge in [-0.15, -0.1) is 0 Å². The first-order chi connectivity index (χ1) is 7.91. The van der Waals surface area contributed by atoms with Crippen LogP contribution in [0.5, 0.6) is 0 Å². The molecule has 0 aliphatic rings. The van der Waals surface area contributed by atoms with Crippen LogP contribution in [0.2, 0.25) is 0 Å². The van der Waals surface area contributed by atoms with Gasteiger partial charge in [-0.1, -0.05) is 0 Å². The van der Waals surface area contributed by atoms with Gasteiger partial charge in [0.1, 0.15) is 6.04 Å². The van der Waals surface area contributed by atoms with E-state index in [1.54, 1.807) is 6.92 Å². The number of carbonyl (C=O) groups excluding carboxylic acids is 1. The summed E-state index contributed by atoms with van der Waals surface area (Å²) in [4.78, 5) is 32.7. The molecule has 0 aliphatic carbocycles. The molecule has 0 saturated heterocycles. The third-order valence-corrected chi connectivity index (χ3v) is 2.06. The molecule has 0 radical (unpaired) electrons. The van der Waals surface area contributed by atoms with Crippen molar-refractivity contribution in [1.82, 2.24) is 15.5 Å². The topological polar surface area (TPSA) is 132 Å². The zero-order valence-corrected chi connectivity index (χ0v) is 8.93. The van der Waals surface area contributed by atoms with E-state index < -0.39 is 30.3 Å². The number of aromatic amines is 1. The Kier molecular flexibility index (Phi) is 3.81. The lowest BCUT2D eigenvalue weighted by molar-refractivity contribution is -0.145. The molecule has 8 nitrogen and oxygen atoms in total. The maximum Gasteiger partial charge on any atom is 0.326 e. The van der Waals surface area contributed by atoms with Gasteiger partial charge in [0.15, 0.2) is 0 Å². The number of carboxylic acid groups (broad SMARTS) is 2. The second-order valence-electron chi connectivity index (χ2n) is 3.37. The molecule has 1 amide bonds. The number of carboxylic acids is 2. The molecule has 4 N–H and O–H groups in total. The van der Waals surface area contributed by atoms with Crippen molar-refractivity contribution in [3.8, 4) is 0 Å². The van der Waals surface area contributed by atoms with E-state index in [2.05, 4.69) is 15.5 Å². The highest BCUT2D eigenvalue weighted by Crippen LogP contribution is 2.03. The van der Waals surface area contributed by atoms with Crippen molar-refractivity contribution in [3.05, 3.63) is 17.5 Å². The summed E-state index contributed by atoms with van der Waals surface area (Å²) in [5.41, 5.74) is 0.656. The van der Waals surface area contributed by atoms with Gasteiger partial charge in [0.05, 0.1) is 18.2 Å². The molecule has 0 aliphatic heterocycles. The number of nitrogens with one attached hydrogen (secondary N) is 2. The zero-order chi connectivity index (χ0) is 13.0. The van der Waals surface area contributed by atoms with E-state index in [0.717, 1.165) is 0 Å². The fraction of sp³-hybridized carbons (Fsp3) is 0.333. The molecule has 17 heavy (non-hydrogen) atoms. The summed E-state index contributed by atoms with van der Waals surface area (Å²) in [5, 5.41) is 25.5. The van der Waals surface area contributed by atoms with Gasteiger partial charge in [0, 0.05) is 5.69 Å². The number of amides is 1. The Hall–Kier alpha value is -2.38. The maximum absolute atomic E-state index is 11.6. The molecule has 1 aromatic heterocycles. The number of nitrogens with zero attached hydrogens (tertiary/aromatic N) is 1. The van der Waals surface area contributed by atoms with E-state index in [9.17, 15) is 14.4 Å². The predicted molar refractivity (Wildman–Crippen MR) is 54.5 cm³/mol. The molecule has 8 heteroatoms. The van der Waals surface area contributed by atoms with E-state index in [-0.39, 0.29) is 5.56 Å². The average Bonchev–Trinajstić information content (AvgIpc) is 2.62. The summed E-state index contributed by atoms with van der Waals surface area (Å²) in [6, 6.07) is -1.46. The Morgan fingerprint density at radius 3 is 2.53 bits per heavy atom. The highest BCUT2D eigenvalue weighted by Gasteiger charge is 2.24. The Labute approximate surface area is 95.6 Å². The molecule has 1 atom stereocenters. The molecule has 0 unspecified atom stereocenters. The SMILES string of the molecule is Cc1[nH]ncc1C(=O)N[C@@H](CC(=O)O)C(=O)O. The summed E-state index contributed by atoms with van der Waals surface area (Å²) < 4.78 is 0. The van der Waals surface area contributed by atoms with Crippen molar-refractivity contribution >= 4 is 17.8 Å². The van der Waals surface area contributed by atoms with Gasteiger partial charge in [-0.25, -0.2) is 4.79 Å². The fourth-order valence-electron chi connectivity index (χ4n) is 1.19. The van der Waals surface area contributed by atoms with Crippen molar-refractivity contribution in [2.75, 3.05) is 0 Å². The lowest BCUT2D eigenvalue weighted by atomic mass is 10.2. The van der Waals surface area contributed by atoms with Gasteiger partial charge < -0.3 is 15.5 Å². The number of hydrogen-bond donors (Lipinski definition) is 4. The molecule has 92 valence electrons. The van der Waals surface area contributed by atoms with Crippen LogP contribution in [0.25, 0.3) is 0 Å². The number of carbonyl (C=O) groups is 3. The third kappa shape index (κ3) is 3.30. The Morgan fingerprint density at radius 1 is 1.47 bits per heavy atom.